The highest BCUT2D eigenvalue weighted by molar-refractivity contribution is 7.98. The molecule has 110 valence electrons. The van der Waals surface area contributed by atoms with E-state index in [1.54, 1.807) is 12.1 Å². The summed E-state index contributed by atoms with van der Waals surface area (Å²) in [4.78, 5) is 22.8. The van der Waals surface area contributed by atoms with Crippen LogP contribution in [0.3, 0.4) is 0 Å². The van der Waals surface area contributed by atoms with Crippen LogP contribution >= 0.6 is 23.4 Å². The molecule has 1 rings (SSSR count). The van der Waals surface area contributed by atoms with Gasteiger partial charge in [-0.25, -0.2) is 9.59 Å². The molecule has 0 radical (unpaired) electrons. The first-order chi connectivity index (χ1) is 9.43. The molecule has 0 saturated heterocycles. The first kappa shape index (κ1) is 16.7. The maximum atomic E-state index is 11.8. The van der Waals surface area contributed by atoms with Crippen molar-refractivity contribution in [1.29, 1.82) is 0 Å². The van der Waals surface area contributed by atoms with Crippen molar-refractivity contribution in [2.75, 3.05) is 17.3 Å². The summed E-state index contributed by atoms with van der Waals surface area (Å²) in [6, 6.07) is 3.73. The van der Waals surface area contributed by atoms with Crippen molar-refractivity contribution in [3.63, 3.8) is 0 Å². The minimum atomic E-state index is -1.05. The fraction of sp³-hybridized carbons (Fsp3) is 0.385. The van der Waals surface area contributed by atoms with Crippen LogP contribution in [0.15, 0.2) is 18.2 Å². The molecule has 2 amide bonds. The molecule has 3 N–H and O–H groups in total. The first-order valence-electron chi connectivity index (χ1n) is 5.99. The number of hydrogen-bond acceptors (Lipinski definition) is 3. The number of rotatable bonds is 6. The molecule has 0 aliphatic heterocycles. The molecule has 0 aliphatic rings. The van der Waals surface area contributed by atoms with Crippen LogP contribution in [0, 0.1) is 6.92 Å². The van der Waals surface area contributed by atoms with E-state index in [1.807, 2.05) is 19.2 Å². The number of thioether (sulfide) groups is 1. The smallest absolute Gasteiger partial charge is 0.326 e. The fourth-order valence-corrected chi connectivity index (χ4v) is 2.18. The van der Waals surface area contributed by atoms with Crippen LogP contribution in [0.1, 0.15) is 12.0 Å². The average molecular weight is 317 g/mol. The van der Waals surface area contributed by atoms with Gasteiger partial charge in [0.25, 0.3) is 0 Å². The quantitative estimate of drug-likeness (QED) is 0.754. The topological polar surface area (TPSA) is 78.4 Å². The molecule has 0 aliphatic carbocycles. The lowest BCUT2D eigenvalue weighted by Crippen LogP contribution is -2.43. The second-order valence-electron chi connectivity index (χ2n) is 4.25. The number of carbonyl (C=O) groups excluding carboxylic acids is 1. The van der Waals surface area contributed by atoms with Crippen LogP contribution in [0.2, 0.25) is 5.02 Å². The van der Waals surface area contributed by atoms with Gasteiger partial charge in [0.1, 0.15) is 6.04 Å². The van der Waals surface area contributed by atoms with E-state index in [2.05, 4.69) is 10.6 Å². The third-order valence-electron chi connectivity index (χ3n) is 2.58. The molecule has 0 bridgehead atoms. The molecule has 1 atom stereocenters. The van der Waals surface area contributed by atoms with Crippen molar-refractivity contribution in [2.24, 2.45) is 0 Å². The number of carboxylic acid groups (broad SMARTS) is 1. The van der Waals surface area contributed by atoms with Crippen molar-refractivity contribution in [3.8, 4) is 0 Å². The molecule has 5 nitrogen and oxygen atoms in total. The van der Waals surface area contributed by atoms with Crippen LogP contribution in [-0.2, 0) is 4.79 Å². The molecule has 0 saturated carbocycles. The molecule has 20 heavy (non-hydrogen) atoms. The van der Waals surface area contributed by atoms with Crippen LogP contribution in [0.25, 0.3) is 0 Å². The Balaban J connectivity index is 2.65. The molecule has 0 aromatic heterocycles. The fourth-order valence-electron chi connectivity index (χ4n) is 1.54. The van der Waals surface area contributed by atoms with Gasteiger partial charge in [0.15, 0.2) is 0 Å². The lowest BCUT2D eigenvalue weighted by atomic mass is 10.2. The number of hydrogen-bond donors (Lipinski definition) is 3. The van der Waals surface area contributed by atoms with E-state index < -0.39 is 18.0 Å². The first-order valence-corrected chi connectivity index (χ1v) is 7.76. The van der Waals surface area contributed by atoms with Crippen molar-refractivity contribution in [2.45, 2.75) is 19.4 Å². The number of anilines is 1. The number of nitrogens with one attached hydrogen (secondary N) is 2. The molecule has 0 fully saturated rings. The number of amides is 2. The summed E-state index contributed by atoms with van der Waals surface area (Å²) >= 11 is 7.49. The molecule has 7 heteroatoms. The predicted molar refractivity (Wildman–Crippen MR) is 82.8 cm³/mol. The third kappa shape index (κ3) is 5.30. The Kier molecular flexibility index (Phi) is 6.67. The Morgan fingerprint density at radius 3 is 2.75 bits per heavy atom. The number of carboxylic acids is 1. The van der Waals surface area contributed by atoms with Gasteiger partial charge in [-0.15, -0.1) is 0 Å². The summed E-state index contributed by atoms with van der Waals surface area (Å²) in [5, 5.41) is 14.4. The molecule has 0 spiro atoms. The van der Waals surface area contributed by atoms with Gasteiger partial charge in [-0.1, -0.05) is 17.7 Å². The van der Waals surface area contributed by atoms with E-state index in [0.717, 1.165) is 5.56 Å². The Morgan fingerprint density at radius 1 is 1.45 bits per heavy atom. The number of benzene rings is 1. The second kappa shape index (κ2) is 8.01. The number of halogens is 1. The van der Waals surface area contributed by atoms with Gasteiger partial charge in [0.05, 0.1) is 10.7 Å². The maximum absolute atomic E-state index is 11.8. The lowest BCUT2D eigenvalue weighted by molar-refractivity contribution is -0.139. The van der Waals surface area contributed by atoms with Crippen LogP contribution in [-0.4, -0.2) is 35.2 Å². The highest BCUT2D eigenvalue weighted by atomic mass is 35.5. The van der Waals surface area contributed by atoms with E-state index in [-0.39, 0.29) is 0 Å². The molecular weight excluding hydrogens is 300 g/mol. The van der Waals surface area contributed by atoms with Gasteiger partial charge in [-0.2, -0.15) is 11.8 Å². The Labute approximate surface area is 127 Å². The largest absolute Gasteiger partial charge is 0.480 e. The van der Waals surface area contributed by atoms with Crippen molar-refractivity contribution in [3.05, 3.63) is 28.8 Å². The minimum absolute atomic E-state index is 0.367. The monoisotopic (exact) mass is 316 g/mol. The van der Waals surface area contributed by atoms with E-state index in [9.17, 15) is 9.59 Å². The summed E-state index contributed by atoms with van der Waals surface area (Å²) in [7, 11) is 0. The van der Waals surface area contributed by atoms with E-state index >= 15 is 0 Å². The second-order valence-corrected chi connectivity index (χ2v) is 5.65. The van der Waals surface area contributed by atoms with Crippen LogP contribution < -0.4 is 10.6 Å². The SMILES string of the molecule is CSCC[C@@H](NC(=O)Nc1cc(C)ccc1Cl)C(=O)O. The van der Waals surface area contributed by atoms with Crippen molar-refractivity contribution in [1.82, 2.24) is 5.32 Å². The lowest BCUT2D eigenvalue weighted by Gasteiger charge is -2.15. The number of aliphatic carboxylic acids is 1. The molecule has 0 unspecified atom stereocenters. The van der Waals surface area contributed by atoms with Gasteiger partial charge in [-0.05, 0) is 43.0 Å². The van der Waals surface area contributed by atoms with E-state index in [0.29, 0.717) is 22.9 Å². The van der Waals surface area contributed by atoms with Gasteiger partial charge >= 0.3 is 12.0 Å². The zero-order valence-corrected chi connectivity index (χ0v) is 12.8. The summed E-state index contributed by atoms with van der Waals surface area (Å²) in [5.41, 5.74) is 1.40. The average Bonchev–Trinajstić information content (AvgIpc) is 2.38. The summed E-state index contributed by atoms with van der Waals surface area (Å²) in [6.07, 6.45) is 2.25. The number of aryl methyl sites for hydroxylation is 1. The Bertz CT molecular complexity index is 497. The Hall–Kier alpha value is -1.40. The zero-order chi connectivity index (χ0) is 15.1. The van der Waals surface area contributed by atoms with E-state index in [4.69, 9.17) is 16.7 Å². The third-order valence-corrected chi connectivity index (χ3v) is 3.56. The summed E-state index contributed by atoms with van der Waals surface area (Å²) in [5.74, 6) is -0.396. The standard InChI is InChI=1S/C13H17ClN2O3S/c1-8-3-4-9(14)11(7-8)16-13(19)15-10(12(17)18)5-6-20-2/h3-4,7,10H,5-6H2,1-2H3,(H,17,18)(H2,15,16,19)/t10-/m1/s1. The number of urea groups is 1. The highest BCUT2D eigenvalue weighted by Gasteiger charge is 2.19. The molecule has 0 heterocycles. The molecule has 1 aromatic carbocycles. The molecule has 1 aromatic rings. The van der Waals surface area contributed by atoms with Crippen molar-refractivity contribution >= 4 is 41.1 Å². The number of carbonyl (C=O) groups is 2. The van der Waals surface area contributed by atoms with Gasteiger partial charge in [-0.3, -0.25) is 0 Å². The summed E-state index contributed by atoms with van der Waals surface area (Å²) < 4.78 is 0. The van der Waals surface area contributed by atoms with E-state index in [1.165, 1.54) is 11.8 Å². The minimum Gasteiger partial charge on any atom is -0.480 e. The van der Waals surface area contributed by atoms with Gasteiger partial charge < -0.3 is 15.7 Å². The van der Waals surface area contributed by atoms with Crippen LogP contribution in [0.4, 0.5) is 10.5 Å². The summed E-state index contributed by atoms with van der Waals surface area (Å²) in [6.45, 7) is 1.87. The van der Waals surface area contributed by atoms with Gasteiger partial charge in [0.2, 0.25) is 0 Å². The normalized spacial score (nSPS) is 11.8. The maximum Gasteiger partial charge on any atom is 0.326 e. The molecular formula is C13H17ClN2O3S. The Morgan fingerprint density at radius 2 is 2.15 bits per heavy atom. The van der Waals surface area contributed by atoms with Crippen molar-refractivity contribution < 1.29 is 14.7 Å². The van der Waals surface area contributed by atoms with Crippen LogP contribution in [0.5, 0.6) is 0 Å². The zero-order valence-electron chi connectivity index (χ0n) is 11.3. The highest BCUT2D eigenvalue weighted by Crippen LogP contribution is 2.22. The van der Waals surface area contributed by atoms with Gasteiger partial charge in [0, 0.05) is 0 Å². The predicted octanol–water partition coefficient (Wildman–Crippen LogP) is 2.98.